The molecule has 148 valence electrons. The number of allylic oxidation sites excluding steroid dienone is 2. The van der Waals surface area contributed by atoms with Gasteiger partial charge in [-0.1, -0.05) is 41.7 Å². The Morgan fingerprint density at radius 1 is 1.31 bits per heavy atom. The monoisotopic (exact) mass is 405 g/mol. The van der Waals surface area contributed by atoms with Gasteiger partial charge in [-0.3, -0.25) is 4.79 Å². The van der Waals surface area contributed by atoms with Crippen LogP contribution in [0.5, 0.6) is 0 Å². The first kappa shape index (κ1) is 18.1. The van der Waals surface area contributed by atoms with Crippen LogP contribution in [0.2, 0.25) is 0 Å². The molecule has 0 saturated carbocycles. The number of hydrogen-bond acceptors (Lipinski definition) is 6. The molecule has 3 atom stereocenters. The van der Waals surface area contributed by atoms with Gasteiger partial charge in [0.1, 0.15) is 0 Å². The van der Waals surface area contributed by atoms with Crippen LogP contribution in [0, 0.1) is 5.92 Å². The van der Waals surface area contributed by atoms with E-state index in [0.717, 1.165) is 33.2 Å². The topological polar surface area (TPSA) is 92.1 Å². The lowest BCUT2D eigenvalue weighted by Gasteiger charge is -2.21. The quantitative estimate of drug-likeness (QED) is 0.593. The molecule has 7 heteroatoms. The van der Waals surface area contributed by atoms with Crippen LogP contribution in [-0.2, 0) is 11.2 Å². The SMILES string of the molecule is N[C@H](CNc1ncc(-c2ccc3c(c2)CC(=O)N3)s1)CC1=CNC2C=CC=CC12. The molecule has 0 bridgehead atoms. The largest absolute Gasteiger partial charge is 0.384 e. The molecule has 6 nitrogen and oxygen atoms in total. The van der Waals surface area contributed by atoms with Crippen LogP contribution in [0.15, 0.2) is 60.5 Å². The summed E-state index contributed by atoms with van der Waals surface area (Å²) in [6.45, 7) is 0.670. The third kappa shape index (κ3) is 3.71. The van der Waals surface area contributed by atoms with E-state index >= 15 is 0 Å². The summed E-state index contributed by atoms with van der Waals surface area (Å²) in [6.07, 6.45) is 13.9. The second kappa shape index (κ2) is 7.50. The van der Waals surface area contributed by atoms with Crippen molar-refractivity contribution >= 4 is 28.1 Å². The molecule has 0 spiro atoms. The minimum atomic E-state index is 0.0190. The maximum absolute atomic E-state index is 11.5. The fourth-order valence-corrected chi connectivity index (χ4v) is 4.90. The third-order valence-corrected chi connectivity index (χ3v) is 6.56. The Hall–Kier alpha value is -2.90. The lowest BCUT2D eigenvalue weighted by molar-refractivity contribution is -0.115. The van der Waals surface area contributed by atoms with E-state index in [0.29, 0.717) is 24.9 Å². The second-order valence-corrected chi connectivity index (χ2v) is 8.71. The van der Waals surface area contributed by atoms with Gasteiger partial charge in [-0.05, 0) is 41.5 Å². The van der Waals surface area contributed by atoms with Crippen molar-refractivity contribution in [3.63, 3.8) is 0 Å². The first-order chi connectivity index (χ1) is 14.2. The Balaban J connectivity index is 1.18. The van der Waals surface area contributed by atoms with Gasteiger partial charge in [0.05, 0.1) is 17.3 Å². The standard InChI is InChI=1S/C22H23N5OS/c23-16(8-15-10-24-19-4-2-1-3-17(15)19)11-25-22-26-12-20(29-22)13-5-6-18-14(7-13)9-21(28)27-18/h1-7,10,12,16-17,19,24H,8-9,11,23H2,(H,25,26)(H,27,28)/t16-,17?,19?/m0/s1. The average Bonchev–Trinajstić information content (AvgIpc) is 3.44. The van der Waals surface area contributed by atoms with Crippen molar-refractivity contribution in [2.45, 2.75) is 24.9 Å². The highest BCUT2D eigenvalue weighted by atomic mass is 32.1. The van der Waals surface area contributed by atoms with Crippen LogP contribution in [-0.4, -0.2) is 29.5 Å². The predicted octanol–water partition coefficient (Wildman–Crippen LogP) is 3.03. The molecule has 1 aromatic heterocycles. The van der Waals surface area contributed by atoms with Crippen molar-refractivity contribution in [1.29, 1.82) is 0 Å². The van der Waals surface area contributed by atoms with Gasteiger partial charge in [-0.2, -0.15) is 0 Å². The van der Waals surface area contributed by atoms with E-state index in [2.05, 4.69) is 57.5 Å². The van der Waals surface area contributed by atoms with Crippen molar-refractivity contribution in [2.24, 2.45) is 11.7 Å². The van der Waals surface area contributed by atoms with Gasteiger partial charge < -0.3 is 21.7 Å². The molecule has 1 amide bonds. The highest BCUT2D eigenvalue weighted by Gasteiger charge is 2.27. The molecular formula is C22H23N5OS. The van der Waals surface area contributed by atoms with Crippen LogP contribution < -0.4 is 21.7 Å². The molecule has 2 aliphatic heterocycles. The molecule has 0 fully saturated rings. The predicted molar refractivity (Wildman–Crippen MR) is 118 cm³/mol. The van der Waals surface area contributed by atoms with Crippen LogP contribution in [0.25, 0.3) is 10.4 Å². The number of carbonyl (C=O) groups excluding carboxylic acids is 1. The summed E-state index contributed by atoms with van der Waals surface area (Å²) in [5.41, 5.74) is 10.8. The van der Waals surface area contributed by atoms with Gasteiger partial charge in [0.2, 0.25) is 5.91 Å². The zero-order chi connectivity index (χ0) is 19.8. The summed E-state index contributed by atoms with van der Waals surface area (Å²) < 4.78 is 0. The number of fused-ring (bicyclic) bond motifs is 2. The van der Waals surface area contributed by atoms with E-state index in [9.17, 15) is 4.79 Å². The number of thiazole rings is 1. The van der Waals surface area contributed by atoms with Crippen molar-refractivity contribution in [2.75, 3.05) is 17.2 Å². The van der Waals surface area contributed by atoms with Crippen molar-refractivity contribution in [3.8, 4) is 10.4 Å². The first-order valence-corrected chi connectivity index (χ1v) is 10.7. The Morgan fingerprint density at radius 2 is 2.21 bits per heavy atom. The molecule has 1 aromatic carbocycles. The number of benzene rings is 1. The van der Waals surface area contributed by atoms with Gasteiger partial charge in [0.25, 0.3) is 0 Å². The number of nitrogens with two attached hydrogens (primary N) is 1. The lowest BCUT2D eigenvalue weighted by atomic mass is 9.88. The maximum Gasteiger partial charge on any atom is 0.228 e. The minimum Gasteiger partial charge on any atom is -0.384 e. The van der Waals surface area contributed by atoms with Crippen LogP contribution in [0.3, 0.4) is 0 Å². The number of carbonyl (C=O) groups is 1. The van der Waals surface area contributed by atoms with E-state index in [4.69, 9.17) is 5.73 Å². The van der Waals surface area contributed by atoms with Gasteiger partial charge in [-0.25, -0.2) is 4.98 Å². The van der Waals surface area contributed by atoms with E-state index in [-0.39, 0.29) is 11.9 Å². The lowest BCUT2D eigenvalue weighted by Crippen LogP contribution is -2.31. The van der Waals surface area contributed by atoms with E-state index in [1.54, 1.807) is 11.3 Å². The van der Waals surface area contributed by atoms with Gasteiger partial charge in [-0.15, -0.1) is 0 Å². The molecule has 0 radical (unpaired) electrons. The molecule has 5 N–H and O–H groups in total. The van der Waals surface area contributed by atoms with Crippen molar-refractivity contribution in [3.05, 3.63) is 66.0 Å². The number of aromatic nitrogens is 1. The number of rotatable bonds is 6. The average molecular weight is 406 g/mol. The van der Waals surface area contributed by atoms with E-state index < -0.39 is 0 Å². The minimum absolute atomic E-state index is 0.0190. The van der Waals surface area contributed by atoms with Crippen LogP contribution >= 0.6 is 11.3 Å². The number of nitrogens with zero attached hydrogens (tertiary/aromatic N) is 1. The van der Waals surface area contributed by atoms with Crippen LogP contribution in [0.4, 0.5) is 10.8 Å². The Kier molecular flexibility index (Phi) is 4.69. The van der Waals surface area contributed by atoms with Crippen molar-refractivity contribution in [1.82, 2.24) is 10.3 Å². The Bertz CT molecular complexity index is 1040. The first-order valence-electron chi connectivity index (χ1n) is 9.84. The van der Waals surface area contributed by atoms with E-state index in [1.807, 2.05) is 18.3 Å². The number of anilines is 2. The molecular weight excluding hydrogens is 382 g/mol. The highest BCUT2D eigenvalue weighted by molar-refractivity contribution is 7.18. The van der Waals surface area contributed by atoms with Gasteiger partial charge in [0, 0.05) is 30.4 Å². The molecule has 2 aromatic rings. The Morgan fingerprint density at radius 3 is 3.14 bits per heavy atom. The summed E-state index contributed by atoms with van der Waals surface area (Å²) in [5, 5.41) is 10.5. The fourth-order valence-electron chi connectivity index (χ4n) is 4.08. The summed E-state index contributed by atoms with van der Waals surface area (Å²) in [7, 11) is 0. The molecule has 0 saturated heterocycles. The molecule has 3 heterocycles. The fraction of sp³-hybridized carbons (Fsp3) is 0.273. The summed E-state index contributed by atoms with van der Waals surface area (Å²) in [5.74, 6) is 0.468. The molecule has 1 aliphatic carbocycles. The summed E-state index contributed by atoms with van der Waals surface area (Å²) in [4.78, 5) is 17.1. The van der Waals surface area contributed by atoms with Crippen molar-refractivity contribution < 1.29 is 4.79 Å². The third-order valence-electron chi connectivity index (χ3n) is 5.56. The van der Waals surface area contributed by atoms with Gasteiger partial charge >= 0.3 is 0 Å². The van der Waals surface area contributed by atoms with E-state index in [1.165, 1.54) is 5.57 Å². The van der Waals surface area contributed by atoms with Crippen LogP contribution in [0.1, 0.15) is 12.0 Å². The number of nitrogens with one attached hydrogen (secondary N) is 3. The highest BCUT2D eigenvalue weighted by Crippen LogP contribution is 2.33. The molecule has 2 unspecified atom stereocenters. The van der Waals surface area contributed by atoms with Gasteiger partial charge in [0.15, 0.2) is 5.13 Å². The zero-order valence-electron chi connectivity index (χ0n) is 15.9. The zero-order valence-corrected chi connectivity index (χ0v) is 16.7. The molecule has 29 heavy (non-hydrogen) atoms. The second-order valence-electron chi connectivity index (χ2n) is 7.68. The summed E-state index contributed by atoms with van der Waals surface area (Å²) >= 11 is 1.60. The molecule has 5 rings (SSSR count). The number of hydrogen-bond donors (Lipinski definition) is 4. The Labute approximate surface area is 173 Å². The smallest absolute Gasteiger partial charge is 0.228 e. The number of amides is 1. The summed E-state index contributed by atoms with van der Waals surface area (Å²) in [6, 6.07) is 6.44. The maximum atomic E-state index is 11.5. The normalized spacial score (nSPS) is 22.5. The molecule has 3 aliphatic rings.